The number of alkyl carbamates (subject to hydrolysis) is 1. The Morgan fingerprint density at radius 2 is 1.37 bits per heavy atom. The molecule has 4 atom stereocenters. The molecule has 62 heavy (non-hydrogen) atoms. The average molecular weight is 871 g/mol. The third-order valence-electron chi connectivity index (χ3n) is 11.5. The fourth-order valence-corrected chi connectivity index (χ4v) is 10.4. The monoisotopic (exact) mass is 871 g/mol. The van der Waals surface area contributed by atoms with Crippen molar-refractivity contribution in [2.24, 2.45) is 17.8 Å². The highest BCUT2D eigenvalue weighted by Crippen LogP contribution is 2.28. The molecule has 0 aliphatic carbocycles. The van der Waals surface area contributed by atoms with Crippen molar-refractivity contribution in [2.45, 2.75) is 136 Å². The highest BCUT2D eigenvalue weighted by Gasteiger charge is 2.38. The van der Waals surface area contributed by atoms with Crippen LogP contribution >= 0.6 is 0 Å². The van der Waals surface area contributed by atoms with Gasteiger partial charge in [-0.05, 0) is 101 Å². The quantitative estimate of drug-likeness (QED) is 0.102. The van der Waals surface area contributed by atoms with E-state index in [4.69, 9.17) is 13.9 Å². The summed E-state index contributed by atoms with van der Waals surface area (Å²) in [7, 11) is -0.551. The highest BCUT2D eigenvalue weighted by molar-refractivity contribution is 6.71. The van der Waals surface area contributed by atoms with Crippen LogP contribution in [0.25, 0.3) is 0 Å². The van der Waals surface area contributed by atoms with Gasteiger partial charge in [-0.2, -0.15) is 0 Å². The lowest BCUT2D eigenvalue weighted by Gasteiger charge is -2.38. The van der Waals surface area contributed by atoms with Crippen molar-refractivity contribution in [2.75, 3.05) is 26.7 Å². The van der Waals surface area contributed by atoms with Crippen LogP contribution in [0.5, 0.6) is 0 Å². The van der Waals surface area contributed by atoms with Crippen LogP contribution in [0.3, 0.4) is 0 Å². The van der Waals surface area contributed by atoms with Gasteiger partial charge < -0.3 is 34.3 Å². The topological polar surface area (TPSA) is 127 Å². The number of unbranched alkanes of at least 4 members (excludes halogenated alkanes) is 1. The number of benzene rings is 3. The smallest absolute Gasteiger partial charge is 0.409 e. The largest absolute Gasteiger partial charge is 0.445 e. The predicted molar refractivity (Wildman–Crippen MR) is 249 cm³/mol. The highest BCUT2D eigenvalue weighted by atomic mass is 28.4. The third-order valence-corrected chi connectivity index (χ3v) is 14.0. The van der Waals surface area contributed by atoms with Gasteiger partial charge in [0.1, 0.15) is 18.2 Å². The van der Waals surface area contributed by atoms with Gasteiger partial charge in [-0.25, -0.2) is 9.59 Å². The Morgan fingerprint density at radius 1 is 0.823 bits per heavy atom. The summed E-state index contributed by atoms with van der Waals surface area (Å²) in [6.45, 7) is 17.9. The van der Waals surface area contributed by atoms with Gasteiger partial charge in [0.25, 0.3) is 0 Å². The first-order valence-electron chi connectivity index (χ1n) is 22.7. The maximum Gasteiger partial charge on any atom is 0.409 e. The molecule has 3 aromatic carbocycles. The summed E-state index contributed by atoms with van der Waals surface area (Å²) >= 11 is 0. The number of hydrogen-bond acceptors (Lipinski definition) is 7. The van der Waals surface area contributed by atoms with Crippen LogP contribution in [0.1, 0.15) is 90.3 Å². The minimum Gasteiger partial charge on any atom is -0.445 e. The lowest BCUT2D eigenvalue weighted by Crippen LogP contribution is -2.55. The van der Waals surface area contributed by atoms with E-state index in [0.717, 1.165) is 48.4 Å². The van der Waals surface area contributed by atoms with Gasteiger partial charge in [-0.3, -0.25) is 9.59 Å². The minimum atomic E-state index is -2.30. The van der Waals surface area contributed by atoms with Crippen molar-refractivity contribution >= 4 is 32.3 Å². The van der Waals surface area contributed by atoms with Gasteiger partial charge in [-0.15, -0.1) is 0 Å². The average Bonchev–Trinajstić information content (AvgIpc) is 3.23. The maximum absolute atomic E-state index is 14.8. The lowest BCUT2D eigenvalue weighted by molar-refractivity contribution is -0.140. The molecule has 4 unspecified atom stereocenters. The first kappa shape index (κ1) is 50.0. The fraction of sp³-hybridized carbons (Fsp3) is 0.560. The Hall–Kier alpha value is -4.68. The van der Waals surface area contributed by atoms with Crippen LogP contribution < -0.4 is 10.6 Å². The second kappa shape index (κ2) is 24.2. The van der Waals surface area contributed by atoms with Crippen LogP contribution in [-0.2, 0) is 42.9 Å². The van der Waals surface area contributed by atoms with Crippen molar-refractivity contribution in [3.8, 4) is 0 Å². The molecule has 1 aliphatic heterocycles. The van der Waals surface area contributed by atoms with Crippen LogP contribution in [0.15, 0.2) is 91.0 Å². The molecule has 0 radical (unpaired) electrons. The summed E-state index contributed by atoms with van der Waals surface area (Å²) in [5.41, 5.74) is 2.26. The molecule has 11 nitrogen and oxygen atoms in total. The summed E-state index contributed by atoms with van der Waals surface area (Å²) in [4.78, 5) is 58.9. The fourth-order valence-electron chi connectivity index (χ4n) is 8.04. The second-order valence-corrected chi connectivity index (χ2v) is 23.3. The van der Waals surface area contributed by atoms with E-state index < -0.39 is 44.1 Å². The Kier molecular flexibility index (Phi) is 19.5. The molecule has 4 rings (SSSR count). The maximum atomic E-state index is 14.8. The number of piperidine rings is 1. The predicted octanol–water partition coefficient (Wildman–Crippen LogP) is 9.41. The number of likely N-dealkylation sites (tertiary alicyclic amines) is 1. The standard InChI is InChI=1S/C50H74N4O7Si/c1-10-11-31-62(8,9)61-44(43(33-39-23-17-13-18-24-39)51-48(57)60-50(4,5)6)34-42(32-38-21-15-12-16-22-38)46(55)52-45(37(2)3)47(56)54-29-27-40(28-30-54)35-53(7)49(58)59-36-41-25-19-14-20-26-41/h12-26,37,40,42-45H,10-11,27-36H2,1-9H3,(H,51,57)(H,52,55). The number of rotatable bonds is 21. The molecular formula is C50H74N4O7Si. The summed E-state index contributed by atoms with van der Waals surface area (Å²) in [6.07, 6.45) is 3.34. The number of nitrogens with zero attached hydrogens (tertiary/aromatic N) is 2. The van der Waals surface area contributed by atoms with E-state index in [0.29, 0.717) is 38.9 Å². The minimum absolute atomic E-state index is 0.102. The SMILES string of the molecule is CCCC[Si](C)(C)OC(CC(Cc1ccccc1)C(=O)NC(C(=O)N1CCC(CN(C)C(=O)OCc2ccccc2)CC1)C(C)C)C(Cc1ccccc1)NC(=O)OC(C)(C)C. The van der Waals surface area contributed by atoms with Crippen molar-refractivity contribution in [1.29, 1.82) is 0 Å². The van der Waals surface area contributed by atoms with Gasteiger partial charge in [-0.1, -0.05) is 125 Å². The summed E-state index contributed by atoms with van der Waals surface area (Å²) < 4.78 is 18.5. The molecule has 0 aromatic heterocycles. The Bertz CT molecular complexity index is 1810. The molecule has 1 saturated heterocycles. The zero-order valence-corrected chi connectivity index (χ0v) is 39.9. The molecule has 4 amide bonds. The van der Waals surface area contributed by atoms with Crippen LogP contribution in [0.2, 0.25) is 19.1 Å². The van der Waals surface area contributed by atoms with Crippen LogP contribution in [0.4, 0.5) is 9.59 Å². The van der Waals surface area contributed by atoms with E-state index in [2.05, 4.69) is 30.7 Å². The van der Waals surface area contributed by atoms with Gasteiger partial charge >= 0.3 is 12.2 Å². The molecule has 1 fully saturated rings. The zero-order valence-electron chi connectivity index (χ0n) is 38.9. The van der Waals surface area contributed by atoms with E-state index in [1.807, 2.05) is 131 Å². The Labute approximate surface area is 372 Å². The van der Waals surface area contributed by atoms with E-state index in [9.17, 15) is 19.2 Å². The number of carbonyl (C=O) groups is 4. The number of nitrogens with one attached hydrogen (secondary N) is 2. The molecule has 0 spiro atoms. The Balaban J connectivity index is 1.53. The van der Waals surface area contributed by atoms with E-state index in [1.54, 1.807) is 11.9 Å². The second-order valence-electron chi connectivity index (χ2n) is 19.0. The van der Waals surface area contributed by atoms with Crippen molar-refractivity contribution < 1.29 is 33.1 Å². The summed E-state index contributed by atoms with van der Waals surface area (Å²) in [6, 6.07) is 29.3. The molecular weight excluding hydrogens is 797 g/mol. The van der Waals surface area contributed by atoms with Gasteiger partial charge in [0.2, 0.25) is 11.8 Å². The summed E-state index contributed by atoms with van der Waals surface area (Å²) in [5.74, 6) is -0.844. The number of carbonyl (C=O) groups excluding carboxylic acids is 4. The number of ether oxygens (including phenoxy) is 2. The van der Waals surface area contributed by atoms with Gasteiger partial charge in [0.15, 0.2) is 8.32 Å². The van der Waals surface area contributed by atoms with E-state index in [1.165, 1.54) is 0 Å². The Morgan fingerprint density at radius 3 is 1.90 bits per heavy atom. The van der Waals surface area contributed by atoms with E-state index >= 15 is 0 Å². The zero-order chi connectivity index (χ0) is 45.3. The first-order valence-corrected chi connectivity index (χ1v) is 25.8. The van der Waals surface area contributed by atoms with Gasteiger partial charge in [0.05, 0.1) is 12.1 Å². The van der Waals surface area contributed by atoms with Crippen molar-refractivity contribution in [3.63, 3.8) is 0 Å². The van der Waals surface area contributed by atoms with Crippen molar-refractivity contribution in [1.82, 2.24) is 20.4 Å². The summed E-state index contributed by atoms with van der Waals surface area (Å²) in [5, 5.41) is 6.41. The molecule has 2 N–H and O–H groups in total. The van der Waals surface area contributed by atoms with Crippen LogP contribution in [0, 0.1) is 17.8 Å². The number of amides is 4. The molecule has 1 heterocycles. The van der Waals surface area contributed by atoms with E-state index in [-0.39, 0.29) is 36.4 Å². The van der Waals surface area contributed by atoms with Crippen LogP contribution in [-0.4, -0.2) is 92.6 Å². The molecule has 1 aliphatic rings. The molecule has 12 heteroatoms. The van der Waals surface area contributed by atoms with Gasteiger partial charge in [0, 0.05) is 32.6 Å². The molecule has 0 saturated carbocycles. The number of hydrogen-bond donors (Lipinski definition) is 2. The third kappa shape index (κ3) is 17.2. The lowest BCUT2D eigenvalue weighted by atomic mass is 9.88. The normalized spacial score (nSPS) is 15.5. The van der Waals surface area contributed by atoms with Crippen molar-refractivity contribution in [3.05, 3.63) is 108 Å². The molecule has 0 bridgehead atoms. The molecule has 340 valence electrons. The first-order chi connectivity index (χ1) is 29.4. The molecule has 3 aromatic rings.